The average Bonchev–Trinajstić information content (AvgIpc) is 2.15. The van der Waals surface area contributed by atoms with Crippen LogP contribution >= 0.6 is 12.4 Å². The fourth-order valence-electron chi connectivity index (χ4n) is 2.00. The molecule has 1 atom stereocenters. The highest BCUT2D eigenvalue weighted by molar-refractivity contribution is 5.90. The molecular formula is C12H16ClNO3. The first-order valence-electron chi connectivity index (χ1n) is 5.41. The molecule has 1 saturated carbocycles. The minimum absolute atomic E-state index is 0. The summed E-state index contributed by atoms with van der Waals surface area (Å²) >= 11 is 0. The second-order valence-electron chi connectivity index (χ2n) is 4.30. The number of halogens is 1. The third kappa shape index (κ3) is 2.70. The van der Waals surface area contributed by atoms with Gasteiger partial charge in [-0.15, -0.1) is 12.4 Å². The van der Waals surface area contributed by atoms with E-state index in [0.717, 1.165) is 18.4 Å². The van der Waals surface area contributed by atoms with Crippen molar-refractivity contribution in [3.05, 3.63) is 29.3 Å². The number of benzene rings is 1. The molecule has 1 aliphatic carbocycles. The summed E-state index contributed by atoms with van der Waals surface area (Å²) in [6.07, 6.45) is 3.40. The summed E-state index contributed by atoms with van der Waals surface area (Å²) in [5, 5.41) is 18.3. The number of nitrogens with two attached hydrogens (primary N) is 1. The third-order valence-corrected chi connectivity index (χ3v) is 3.29. The van der Waals surface area contributed by atoms with Crippen LogP contribution in [0.3, 0.4) is 0 Å². The lowest BCUT2D eigenvalue weighted by molar-refractivity contribution is 0.0693. The molecule has 0 spiro atoms. The van der Waals surface area contributed by atoms with Crippen LogP contribution in [0.15, 0.2) is 18.2 Å². The van der Waals surface area contributed by atoms with Gasteiger partial charge in [0.1, 0.15) is 11.3 Å². The van der Waals surface area contributed by atoms with E-state index in [-0.39, 0.29) is 29.8 Å². The molecule has 17 heavy (non-hydrogen) atoms. The van der Waals surface area contributed by atoms with Gasteiger partial charge in [0.15, 0.2) is 0 Å². The van der Waals surface area contributed by atoms with Crippen molar-refractivity contribution < 1.29 is 15.0 Å². The molecule has 0 aromatic heterocycles. The summed E-state index contributed by atoms with van der Waals surface area (Å²) in [4.78, 5) is 10.8. The molecule has 5 heteroatoms. The van der Waals surface area contributed by atoms with Crippen LogP contribution < -0.4 is 5.73 Å². The molecule has 1 aromatic carbocycles. The molecular weight excluding hydrogens is 242 g/mol. The molecule has 2 rings (SSSR count). The van der Waals surface area contributed by atoms with Crippen molar-refractivity contribution in [1.82, 2.24) is 0 Å². The van der Waals surface area contributed by atoms with Crippen molar-refractivity contribution in [2.45, 2.75) is 25.3 Å². The Morgan fingerprint density at radius 2 is 2.06 bits per heavy atom. The minimum atomic E-state index is -1.12. The van der Waals surface area contributed by atoms with Gasteiger partial charge < -0.3 is 15.9 Å². The van der Waals surface area contributed by atoms with Crippen LogP contribution in [0.25, 0.3) is 0 Å². The number of aromatic carboxylic acids is 1. The van der Waals surface area contributed by atoms with E-state index in [2.05, 4.69) is 0 Å². The number of phenols is 1. The molecule has 1 aliphatic rings. The lowest BCUT2D eigenvalue weighted by Crippen LogP contribution is -2.26. The minimum Gasteiger partial charge on any atom is -0.507 e. The molecule has 94 valence electrons. The molecule has 0 amide bonds. The molecule has 0 unspecified atom stereocenters. The second kappa shape index (κ2) is 5.38. The Bertz CT molecular complexity index is 418. The summed E-state index contributed by atoms with van der Waals surface area (Å²) in [5.41, 5.74) is 6.76. The largest absolute Gasteiger partial charge is 0.507 e. The lowest BCUT2D eigenvalue weighted by Gasteiger charge is -2.31. The van der Waals surface area contributed by atoms with E-state index >= 15 is 0 Å². The first-order valence-corrected chi connectivity index (χ1v) is 5.41. The Kier molecular flexibility index (Phi) is 4.37. The SMILES string of the molecule is Cl.N[C@@H](c1ccc(O)c(C(=O)O)c1)C1CCC1. The number of rotatable bonds is 3. The highest BCUT2D eigenvalue weighted by atomic mass is 35.5. The quantitative estimate of drug-likeness (QED) is 0.776. The van der Waals surface area contributed by atoms with Crippen molar-refractivity contribution in [2.24, 2.45) is 11.7 Å². The maximum absolute atomic E-state index is 10.8. The predicted octanol–water partition coefficient (Wildman–Crippen LogP) is 2.31. The van der Waals surface area contributed by atoms with Gasteiger partial charge in [-0.25, -0.2) is 4.79 Å². The Morgan fingerprint density at radius 1 is 1.41 bits per heavy atom. The predicted molar refractivity (Wildman–Crippen MR) is 66.6 cm³/mol. The summed E-state index contributed by atoms with van der Waals surface area (Å²) in [6.45, 7) is 0. The number of hydrogen-bond donors (Lipinski definition) is 3. The summed E-state index contributed by atoms with van der Waals surface area (Å²) in [5.74, 6) is -0.886. The van der Waals surface area contributed by atoms with E-state index < -0.39 is 5.97 Å². The zero-order valence-electron chi connectivity index (χ0n) is 9.30. The maximum atomic E-state index is 10.8. The van der Waals surface area contributed by atoms with Gasteiger partial charge in [0, 0.05) is 6.04 Å². The van der Waals surface area contributed by atoms with E-state index in [1.54, 1.807) is 6.07 Å². The van der Waals surface area contributed by atoms with Crippen LogP contribution in [0.1, 0.15) is 41.2 Å². The molecule has 1 fully saturated rings. The van der Waals surface area contributed by atoms with E-state index in [1.807, 2.05) is 0 Å². The third-order valence-electron chi connectivity index (χ3n) is 3.29. The zero-order chi connectivity index (χ0) is 11.7. The molecule has 4 N–H and O–H groups in total. The fraction of sp³-hybridized carbons (Fsp3) is 0.417. The number of carbonyl (C=O) groups is 1. The van der Waals surface area contributed by atoms with E-state index in [1.165, 1.54) is 18.6 Å². The fourth-order valence-corrected chi connectivity index (χ4v) is 2.00. The Balaban J connectivity index is 0.00000144. The van der Waals surface area contributed by atoms with Crippen molar-refractivity contribution in [2.75, 3.05) is 0 Å². The Hall–Kier alpha value is -1.26. The molecule has 0 bridgehead atoms. The second-order valence-corrected chi connectivity index (χ2v) is 4.30. The van der Waals surface area contributed by atoms with Crippen molar-refractivity contribution in [1.29, 1.82) is 0 Å². The molecule has 0 aliphatic heterocycles. The van der Waals surface area contributed by atoms with E-state index in [0.29, 0.717) is 5.92 Å². The van der Waals surface area contributed by atoms with Crippen LogP contribution in [0.5, 0.6) is 5.75 Å². The average molecular weight is 258 g/mol. The van der Waals surface area contributed by atoms with Crippen LogP contribution in [-0.4, -0.2) is 16.2 Å². The van der Waals surface area contributed by atoms with Gasteiger partial charge in [0.05, 0.1) is 0 Å². The monoisotopic (exact) mass is 257 g/mol. The topological polar surface area (TPSA) is 83.5 Å². The van der Waals surface area contributed by atoms with E-state index in [9.17, 15) is 9.90 Å². The zero-order valence-corrected chi connectivity index (χ0v) is 10.1. The molecule has 1 aromatic rings. The highest BCUT2D eigenvalue weighted by Crippen LogP contribution is 2.37. The maximum Gasteiger partial charge on any atom is 0.339 e. The summed E-state index contributed by atoms with van der Waals surface area (Å²) in [7, 11) is 0. The summed E-state index contributed by atoms with van der Waals surface area (Å²) < 4.78 is 0. The first kappa shape index (κ1) is 13.8. The molecule has 4 nitrogen and oxygen atoms in total. The Labute approximate surface area is 106 Å². The van der Waals surface area contributed by atoms with Gasteiger partial charge in [-0.2, -0.15) is 0 Å². The van der Waals surface area contributed by atoms with Crippen LogP contribution in [0.4, 0.5) is 0 Å². The smallest absolute Gasteiger partial charge is 0.339 e. The normalized spacial score (nSPS) is 16.8. The van der Waals surface area contributed by atoms with Gasteiger partial charge in [0.25, 0.3) is 0 Å². The molecule has 0 heterocycles. The highest BCUT2D eigenvalue weighted by Gasteiger charge is 2.26. The number of carboxylic acids is 1. The molecule has 0 saturated heterocycles. The van der Waals surface area contributed by atoms with Gasteiger partial charge >= 0.3 is 5.97 Å². The standard InChI is InChI=1S/C12H15NO3.ClH/c13-11(7-2-1-3-7)8-4-5-10(14)9(6-8)12(15)16;/h4-7,11,14H,1-3,13H2,(H,15,16);1H/t11-;/m1./s1. The van der Waals surface area contributed by atoms with Crippen molar-refractivity contribution >= 4 is 18.4 Å². The van der Waals surface area contributed by atoms with Crippen molar-refractivity contribution in [3.63, 3.8) is 0 Å². The van der Waals surface area contributed by atoms with E-state index in [4.69, 9.17) is 10.8 Å². The first-order chi connectivity index (χ1) is 7.59. The van der Waals surface area contributed by atoms with Gasteiger partial charge in [0.2, 0.25) is 0 Å². The van der Waals surface area contributed by atoms with Gasteiger partial charge in [-0.3, -0.25) is 0 Å². The van der Waals surface area contributed by atoms with Crippen molar-refractivity contribution in [3.8, 4) is 5.75 Å². The Morgan fingerprint density at radius 3 is 2.53 bits per heavy atom. The van der Waals surface area contributed by atoms with Crippen LogP contribution in [0.2, 0.25) is 0 Å². The number of carboxylic acid groups (broad SMARTS) is 1. The number of aromatic hydroxyl groups is 1. The van der Waals surface area contributed by atoms with Gasteiger partial charge in [-0.1, -0.05) is 12.5 Å². The number of hydrogen-bond acceptors (Lipinski definition) is 3. The van der Waals surface area contributed by atoms with Gasteiger partial charge in [-0.05, 0) is 36.5 Å². The molecule has 0 radical (unpaired) electrons. The van der Waals surface area contributed by atoms with Crippen LogP contribution in [0, 0.1) is 5.92 Å². The van der Waals surface area contributed by atoms with Crippen LogP contribution in [-0.2, 0) is 0 Å². The summed E-state index contributed by atoms with van der Waals surface area (Å²) in [6, 6.07) is 4.45. The lowest BCUT2D eigenvalue weighted by atomic mass is 9.77.